The highest BCUT2D eigenvalue weighted by Gasteiger charge is 2.20. The van der Waals surface area contributed by atoms with Gasteiger partial charge in [0.25, 0.3) is 0 Å². The van der Waals surface area contributed by atoms with Crippen LogP contribution in [0.15, 0.2) is 28.7 Å². The first kappa shape index (κ1) is 13.1. The fourth-order valence-electron chi connectivity index (χ4n) is 2.57. The van der Waals surface area contributed by atoms with Gasteiger partial charge in [-0.3, -0.25) is 0 Å². The molecular weight excluding hydrogens is 274 g/mol. The summed E-state index contributed by atoms with van der Waals surface area (Å²) in [5.74, 6) is 0.981. The van der Waals surface area contributed by atoms with Gasteiger partial charge in [0.1, 0.15) is 0 Å². The standard InChI is InChI=1S/C15H22BrN/c1-11(10-13-4-3-5-13)17-12(2)14-6-8-15(16)9-7-14/h6-9,11-13,17H,3-5,10H2,1-2H3. The Morgan fingerprint density at radius 3 is 2.41 bits per heavy atom. The average molecular weight is 296 g/mol. The molecule has 0 bridgehead atoms. The second-order valence-electron chi connectivity index (χ2n) is 5.37. The van der Waals surface area contributed by atoms with Gasteiger partial charge in [0, 0.05) is 16.6 Å². The quantitative estimate of drug-likeness (QED) is 0.832. The predicted molar refractivity (Wildman–Crippen MR) is 77.1 cm³/mol. The van der Waals surface area contributed by atoms with Gasteiger partial charge in [-0.25, -0.2) is 0 Å². The van der Waals surface area contributed by atoms with Gasteiger partial charge in [-0.2, -0.15) is 0 Å². The SMILES string of the molecule is CC(CC1CCC1)NC(C)c1ccc(Br)cc1. The molecule has 0 heterocycles. The lowest BCUT2D eigenvalue weighted by Crippen LogP contribution is -2.32. The van der Waals surface area contributed by atoms with Crippen molar-refractivity contribution in [3.8, 4) is 0 Å². The van der Waals surface area contributed by atoms with Crippen LogP contribution in [0, 0.1) is 5.92 Å². The Morgan fingerprint density at radius 2 is 1.88 bits per heavy atom. The van der Waals surface area contributed by atoms with Gasteiger partial charge >= 0.3 is 0 Å². The summed E-state index contributed by atoms with van der Waals surface area (Å²) >= 11 is 3.47. The van der Waals surface area contributed by atoms with Gasteiger partial charge in [-0.1, -0.05) is 47.3 Å². The first-order chi connectivity index (χ1) is 8.15. The molecule has 0 spiro atoms. The van der Waals surface area contributed by atoms with Crippen LogP contribution in [0.2, 0.25) is 0 Å². The van der Waals surface area contributed by atoms with Crippen molar-refractivity contribution in [3.05, 3.63) is 34.3 Å². The molecule has 0 aromatic heterocycles. The lowest BCUT2D eigenvalue weighted by Gasteiger charge is -2.30. The molecule has 0 aliphatic heterocycles. The molecule has 0 saturated heterocycles. The second-order valence-corrected chi connectivity index (χ2v) is 6.29. The van der Waals surface area contributed by atoms with E-state index in [1.807, 2.05) is 0 Å². The average Bonchev–Trinajstić information content (AvgIpc) is 2.24. The van der Waals surface area contributed by atoms with E-state index in [1.54, 1.807) is 0 Å². The van der Waals surface area contributed by atoms with E-state index < -0.39 is 0 Å². The zero-order valence-electron chi connectivity index (χ0n) is 10.7. The molecular formula is C15H22BrN. The third-order valence-corrected chi connectivity index (χ3v) is 4.34. The minimum atomic E-state index is 0.443. The van der Waals surface area contributed by atoms with E-state index in [4.69, 9.17) is 0 Å². The molecule has 0 radical (unpaired) electrons. The van der Waals surface area contributed by atoms with Gasteiger partial charge in [0.2, 0.25) is 0 Å². The highest BCUT2D eigenvalue weighted by atomic mass is 79.9. The van der Waals surface area contributed by atoms with Crippen molar-refractivity contribution in [2.75, 3.05) is 0 Å². The van der Waals surface area contributed by atoms with Crippen LogP contribution in [0.1, 0.15) is 51.1 Å². The minimum absolute atomic E-state index is 0.443. The van der Waals surface area contributed by atoms with Crippen LogP contribution < -0.4 is 5.32 Å². The highest BCUT2D eigenvalue weighted by molar-refractivity contribution is 9.10. The molecule has 2 rings (SSSR count). The summed E-state index contributed by atoms with van der Waals surface area (Å²) in [6.45, 7) is 4.56. The summed E-state index contributed by atoms with van der Waals surface area (Å²) in [6, 6.07) is 9.68. The summed E-state index contributed by atoms with van der Waals surface area (Å²) in [7, 11) is 0. The van der Waals surface area contributed by atoms with Crippen molar-refractivity contribution in [3.63, 3.8) is 0 Å². The number of nitrogens with one attached hydrogen (secondary N) is 1. The molecule has 2 heteroatoms. The van der Waals surface area contributed by atoms with Crippen LogP contribution in [0.5, 0.6) is 0 Å². The van der Waals surface area contributed by atoms with Gasteiger partial charge < -0.3 is 5.32 Å². The molecule has 1 aliphatic carbocycles. The van der Waals surface area contributed by atoms with Gasteiger partial charge in [-0.15, -0.1) is 0 Å². The van der Waals surface area contributed by atoms with E-state index in [0.29, 0.717) is 12.1 Å². The zero-order valence-corrected chi connectivity index (χ0v) is 12.3. The Balaban J connectivity index is 1.82. The number of rotatable bonds is 5. The molecule has 2 atom stereocenters. The lowest BCUT2D eigenvalue weighted by atomic mass is 9.81. The van der Waals surface area contributed by atoms with Crippen molar-refractivity contribution in [2.24, 2.45) is 5.92 Å². The van der Waals surface area contributed by atoms with Gasteiger partial charge in [0.15, 0.2) is 0 Å². The summed E-state index contributed by atoms with van der Waals surface area (Å²) in [6.07, 6.45) is 5.66. The Bertz CT molecular complexity index is 342. The predicted octanol–water partition coefficient (Wildman–Crippen LogP) is 4.68. The molecule has 1 nitrogen and oxygen atoms in total. The Morgan fingerprint density at radius 1 is 1.24 bits per heavy atom. The van der Waals surface area contributed by atoms with Crippen molar-refractivity contribution >= 4 is 15.9 Å². The molecule has 1 saturated carbocycles. The van der Waals surface area contributed by atoms with E-state index in [1.165, 1.54) is 31.2 Å². The van der Waals surface area contributed by atoms with Gasteiger partial charge in [-0.05, 0) is 43.9 Å². The first-order valence-corrected chi connectivity index (χ1v) is 7.46. The summed E-state index contributed by atoms with van der Waals surface area (Å²) in [4.78, 5) is 0. The van der Waals surface area contributed by atoms with E-state index in [2.05, 4.69) is 59.4 Å². The van der Waals surface area contributed by atoms with Crippen molar-refractivity contribution in [2.45, 2.75) is 51.6 Å². The van der Waals surface area contributed by atoms with Crippen LogP contribution >= 0.6 is 15.9 Å². The molecule has 17 heavy (non-hydrogen) atoms. The molecule has 2 unspecified atom stereocenters. The molecule has 1 aromatic carbocycles. The maximum atomic E-state index is 3.70. The fourth-order valence-corrected chi connectivity index (χ4v) is 2.84. The summed E-state index contributed by atoms with van der Waals surface area (Å²) in [5, 5.41) is 3.70. The second kappa shape index (κ2) is 6.01. The third-order valence-electron chi connectivity index (χ3n) is 3.82. The van der Waals surface area contributed by atoms with Gasteiger partial charge in [0.05, 0.1) is 0 Å². The Kier molecular flexibility index (Phi) is 4.63. The first-order valence-electron chi connectivity index (χ1n) is 6.66. The smallest absolute Gasteiger partial charge is 0.0294 e. The zero-order chi connectivity index (χ0) is 12.3. The topological polar surface area (TPSA) is 12.0 Å². The molecule has 1 N–H and O–H groups in total. The highest BCUT2D eigenvalue weighted by Crippen LogP contribution is 2.30. The monoisotopic (exact) mass is 295 g/mol. The van der Waals surface area contributed by atoms with Crippen molar-refractivity contribution in [1.29, 1.82) is 0 Å². The molecule has 0 amide bonds. The Hall–Kier alpha value is -0.340. The number of hydrogen-bond donors (Lipinski definition) is 1. The minimum Gasteiger partial charge on any atom is -0.308 e. The largest absolute Gasteiger partial charge is 0.308 e. The van der Waals surface area contributed by atoms with Crippen LogP contribution in [0.3, 0.4) is 0 Å². The van der Waals surface area contributed by atoms with E-state index in [9.17, 15) is 0 Å². The molecule has 1 fully saturated rings. The number of halogens is 1. The van der Waals surface area contributed by atoms with Crippen LogP contribution in [0.25, 0.3) is 0 Å². The Labute approximate surface area is 113 Å². The normalized spacial score (nSPS) is 19.7. The van der Waals surface area contributed by atoms with E-state index in [0.717, 1.165) is 10.4 Å². The summed E-state index contributed by atoms with van der Waals surface area (Å²) < 4.78 is 1.15. The van der Waals surface area contributed by atoms with E-state index in [-0.39, 0.29) is 0 Å². The van der Waals surface area contributed by atoms with Crippen LogP contribution in [0.4, 0.5) is 0 Å². The van der Waals surface area contributed by atoms with Crippen molar-refractivity contribution < 1.29 is 0 Å². The summed E-state index contributed by atoms with van der Waals surface area (Å²) in [5.41, 5.74) is 1.37. The molecule has 94 valence electrons. The molecule has 1 aliphatic rings. The van der Waals surface area contributed by atoms with Crippen LogP contribution in [-0.2, 0) is 0 Å². The molecule has 1 aromatic rings. The van der Waals surface area contributed by atoms with E-state index >= 15 is 0 Å². The maximum absolute atomic E-state index is 3.70. The third kappa shape index (κ3) is 3.82. The van der Waals surface area contributed by atoms with Crippen molar-refractivity contribution in [1.82, 2.24) is 5.32 Å². The lowest BCUT2D eigenvalue weighted by molar-refractivity contribution is 0.259. The number of benzene rings is 1. The number of hydrogen-bond acceptors (Lipinski definition) is 1. The van der Waals surface area contributed by atoms with Crippen LogP contribution in [-0.4, -0.2) is 6.04 Å². The fraction of sp³-hybridized carbons (Fsp3) is 0.600. The maximum Gasteiger partial charge on any atom is 0.0294 e.